The number of halogens is 2. The minimum atomic E-state index is -0.709. The van der Waals surface area contributed by atoms with Crippen molar-refractivity contribution in [2.75, 3.05) is 5.32 Å². The molecule has 0 spiro atoms. The van der Waals surface area contributed by atoms with Crippen LogP contribution in [0.1, 0.15) is 34.8 Å². The molecule has 0 radical (unpaired) electrons. The molecule has 0 bridgehead atoms. The van der Waals surface area contributed by atoms with Crippen LogP contribution in [-0.4, -0.2) is 22.8 Å². The number of nitrogens with zero attached hydrogens (tertiary/aromatic N) is 1. The minimum Gasteiger partial charge on any atom is -0.480 e. The Morgan fingerprint density at radius 2 is 1.78 bits per heavy atom. The maximum absolute atomic E-state index is 13.6. The van der Waals surface area contributed by atoms with Crippen LogP contribution in [0.5, 0.6) is 5.75 Å². The molecule has 32 heavy (non-hydrogen) atoms. The van der Waals surface area contributed by atoms with Gasteiger partial charge in [0.05, 0.1) is 0 Å². The highest BCUT2D eigenvalue weighted by Gasteiger charge is 2.30. The van der Waals surface area contributed by atoms with E-state index in [0.29, 0.717) is 34.5 Å². The number of anilines is 1. The van der Waals surface area contributed by atoms with Gasteiger partial charge in [0.15, 0.2) is 6.10 Å². The fraction of sp³-hybridized carbons (Fsp3) is 0.200. The summed E-state index contributed by atoms with van der Waals surface area (Å²) in [5.41, 5.74) is 2.12. The molecule has 1 aliphatic heterocycles. The van der Waals surface area contributed by atoms with Gasteiger partial charge in [0.25, 0.3) is 11.8 Å². The molecule has 0 unspecified atom stereocenters. The molecule has 2 amide bonds. The van der Waals surface area contributed by atoms with E-state index in [-0.39, 0.29) is 24.9 Å². The standard InChI is InChI=1S/C25H22F2N2O3/c1-2-22-25(31)29(14-16-10-19(26)13-20(27)11-16)15-18-12-21(8-9-23(18)32-22)28-24(30)17-6-4-3-5-7-17/h3-13,22H,2,14-15H2,1H3,(H,28,30)/t22-/m1/s1. The van der Waals surface area contributed by atoms with Crippen molar-refractivity contribution in [2.45, 2.75) is 32.5 Å². The molecule has 4 rings (SSSR count). The van der Waals surface area contributed by atoms with Gasteiger partial charge in [0.2, 0.25) is 0 Å². The molecule has 7 heteroatoms. The number of hydrogen-bond donors (Lipinski definition) is 1. The van der Waals surface area contributed by atoms with E-state index in [9.17, 15) is 18.4 Å². The summed E-state index contributed by atoms with van der Waals surface area (Å²) in [6, 6.07) is 17.2. The Morgan fingerprint density at radius 3 is 2.47 bits per heavy atom. The summed E-state index contributed by atoms with van der Waals surface area (Å²) in [7, 11) is 0. The van der Waals surface area contributed by atoms with Gasteiger partial charge in [0, 0.05) is 36.0 Å². The van der Waals surface area contributed by atoms with Gasteiger partial charge in [-0.15, -0.1) is 0 Å². The Hall–Kier alpha value is -3.74. The molecule has 0 saturated carbocycles. The van der Waals surface area contributed by atoms with Crippen LogP contribution in [0.15, 0.2) is 66.7 Å². The van der Waals surface area contributed by atoms with Crippen LogP contribution < -0.4 is 10.1 Å². The maximum Gasteiger partial charge on any atom is 0.264 e. The van der Waals surface area contributed by atoms with Crippen molar-refractivity contribution in [1.82, 2.24) is 4.90 Å². The molecule has 1 heterocycles. The summed E-state index contributed by atoms with van der Waals surface area (Å²) < 4.78 is 33.2. The van der Waals surface area contributed by atoms with Gasteiger partial charge < -0.3 is 15.0 Å². The van der Waals surface area contributed by atoms with Gasteiger partial charge in [-0.05, 0) is 54.4 Å². The Labute approximate surface area is 184 Å². The number of fused-ring (bicyclic) bond motifs is 1. The monoisotopic (exact) mass is 436 g/mol. The van der Waals surface area contributed by atoms with Gasteiger partial charge in [-0.2, -0.15) is 0 Å². The van der Waals surface area contributed by atoms with Crippen LogP contribution in [0.25, 0.3) is 0 Å². The molecular formula is C25H22F2N2O3. The van der Waals surface area contributed by atoms with E-state index in [0.717, 1.165) is 6.07 Å². The lowest BCUT2D eigenvalue weighted by Crippen LogP contribution is -2.38. The first-order valence-corrected chi connectivity index (χ1v) is 10.3. The summed E-state index contributed by atoms with van der Waals surface area (Å²) in [5, 5.41) is 2.85. The van der Waals surface area contributed by atoms with Crippen molar-refractivity contribution in [3.8, 4) is 5.75 Å². The summed E-state index contributed by atoms with van der Waals surface area (Å²) in [6.45, 7) is 2.05. The molecule has 3 aromatic rings. The first-order chi connectivity index (χ1) is 15.4. The molecule has 3 aromatic carbocycles. The molecule has 1 atom stereocenters. The zero-order chi connectivity index (χ0) is 22.7. The summed E-state index contributed by atoms with van der Waals surface area (Å²) in [4.78, 5) is 27.0. The second-order valence-corrected chi connectivity index (χ2v) is 7.63. The van der Waals surface area contributed by atoms with E-state index in [1.165, 1.54) is 17.0 Å². The number of nitrogens with one attached hydrogen (secondary N) is 1. The van der Waals surface area contributed by atoms with Crippen molar-refractivity contribution < 1.29 is 23.1 Å². The van der Waals surface area contributed by atoms with Crippen LogP contribution >= 0.6 is 0 Å². The SMILES string of the molecule is CC[C@H]1Oc2ccc(NC(=O)c3ccccc3)cc2CN(Cc2cc(F)cc(F)c2)C1=O. The fourth-order valence-corrected chi connectivity index (χ4v) is 3.69. The summed E-state index contributed by atoms with van der Waals surface area (Å²) in [6.07, 6.45) is -0.266. The zero-order valence-corrected chi connectivity index (χ0v) is 17.5. The largest absolute Gasteiger partial charge is 0.480 e. The van der Waals surface area contributed by atoms with Crippen LogP contribution in [0, 0.1) is 11.6 Å². The van der Waals surface area contributed by atoms with Crippen LogP contribution in [0.2, 0.25) is 0 Å². The van der Waals surface area contributed by atoms with Crippen LogP contribution in [0.3, 0.4) is 0 Å². The molecule has 164 valence electrons. The van der Waals surface area contributed by atoms with E-state index >= 15 is 0 Å². The fourth-order valence-electron chi connectivity index (χ4n) is 3.69. The number of hydrogen-bond acceptors (Lipinski definition) is 3. The summed E-state index contributed by atoms with van der Waals surface area (Å²) in [5.74, 6) is -1.37. The smallest absolute Gasteiger partial charge is 0.264 e. The van der Waals surface area contributed by atoms with Gasteiger partial charge in [-0.25, -0.2) is 8.78 Å². The van der Waals surface area contributed by atoms with Crippen molar-refractivity contribution in [3.63, 3.8) is 0 Å². The number of rotatable bonds is 5. The maximum atomic E-state index is 13.6. The minimum absolute atomic E-state index is 0.0351. The van der Waals surface area contributed by atoms with Crippen molar-refractivity contribution >= 4 is 17.5 Å². The van der Waals surface area contributed by atoms with E-state index in [4.69, 9.17) is 4.74 Å². The number of carbonyl (C=O) groups is 2. The number of ether oxygens (including phenoxy) is 1. The van der Waals surface area contributed by atoms with E-state index < -0.39 is 17.7 Å². The average Bonchev–Trinajstić information content (AvgIpc) is 2.90. The van der Waals surface area contributed by atoms with Crippen LogP contribution in [-0.2, 0) is 17.9 Å². The van der Waals surface area contributed by atoms with E-state index in [1.807, 2.05) is 13.0 Å². The van der Waals surface area contributed by atoms with E-state index in [2.05, 4.69) is 5.32 Å². The third-order valence-electron chi connectivity index (χ3n) is 5.24. The topological polar surface area (TPSA) is 58.6 Å². The first-order valence-electron chi connectivity index (χ1n) is 10.3. The quantitative estimate of drug-likeness (QED) is 0.618. The second kappa shape index (κ2) is 9.18. The lowest BCUT2D eigenvalue weighted by molar-refractivity contribution is -0.139. The van der Waals surface area contributed by atoms with E-state index in [1.54, 1.807) is 42.5 Å². The zero-order valence-electron chi connectivity index (χ0n) is 17.5. The molecule has 0 aromatic heterocycles. The first kappa shape index (κ1) is 21.5. The van der Waals surface area contributed by atoms with Gasteiger partial charge >= 0.3 is 0 Å². The second-order valence-electron chi connectivity index (χ2n) is 7.63. The van der Waals surface area contributed by atoms with Crippen molar-refractivity contribution in [3.05, 3.63) is 95.1 Å². The van der Waals surface area contributed by atoms with Crippen molar-refractivity contribution in [2.24, 2.45) is 0 Å². The molecular weight excluding hydrogens is 414 g/mol. The molecule has 0 fully saturated rings. The number of carbonyl (C=O) groups excluding carboxylic acids is 2. The third kappa shape index (κ3) is 4.77. The molecule has 0 aliphatic carbocycles. The number of benzene rings is 3. The molecule has 0 saturated heterocycles. The van der Waals surface area contributed by atoms with Gasteiger partial charge in [0.1, 0.15) is 17.4 Å². The Morgan fingerprint density at radius 1 is 1.06 bits per heavy atom. The molecule has 1 aliphatic rings. The van der Waals surface area contributed by atoms with Crippen LogP contribution in [0.4, 0.5) is 14.5 Å². The number of amides is 2. The predicted octanol–water partition coefficient (Wildman–Crippen LogP) is 4.92. The predicted molar refractivity (Wildman–Crippen MR) is 116 cm³/mol. The third-order valence-corrected chi connectivity index (χ3v) is 5.24. The molecule has 5 nitrogen and oxygen atoms in total. The highest BCUT2D eigenvalue weighted by atomic mass is 19.1. The highest BCUT2D eigenvalue weighted by Crippen LogP contribution is 2.30. The highest BCUT2D eigenvalue weighted by molar-refractivity contribution is 6.04. The normalized spacial score (nSPS) is 15.5. The van der Waals surface area contributed by atoms with Gasteiger partial charge in [-0.3, -0.25) is 9.59 Å². The molecule has 1 N–H and O–H groups in total. The average molecular weight is 436 g/mol. The van der Waals surface area contributed by atoms with Gasteiger partial charge in [-0.1, -0.05) is 25.1 Å². The Bertz CT molecular complexity index is 1130. The lowest BCUT2D eigenvalue weighted by atomic mass is 10.1. The Kier molecular flexibility index (Phi) is 6.16. The Balaban J connectivity index is 1.60. The van der Waals surface area contributed by atoms with Crippen molar-refractivity contribution in [1.29, 1.82) is 0 Å². The lowest BCUT2D eigenvalue weighted by Gasteiger charge is -2.23. The summed E-state index contributed by atoms with van der Waals surface area (Å²) >= 11 is 0.